The fourth-order valence-corrected chi connectivity index (χ4v) is 2.28. The number of aryl methyl sites for hydroxylation is 1. The van der Waals surface area contributed by atoms with Gasteiger partial charge < -0.3 is 10.3 Å². The van der Waals surface area contributed by atoms with E-state index in [1.807, 2.05) is 31.2 Å². The molecule has 2 N–H and O–H groups in total. The lowest BCUT2D eigenvalue weighted by Crippen LogP contribution is -2.26. The zero-order chi connectivity index (χ0) is 15.5. The molecule has 0 saturated heterocycles. The molecule has 22 heavy (non-hydrogen) atoms. The van der Waals surface area contributed by atoms with E-state index in [0.717, 1.165) is 16.5 Å². The number of hydrogen-bond donors (Lipinski definition) is 2. The van der Waals surface area contributed by atoms with Crippen molar-refractivity contribution in [3.05, 3.63) is 75.8 Å². The molecule has 0 aliphatic heterocycles. The summed E-state index contributed by atoms with van der Waals surface area (Å²) >= 11 is 0. The van der Waals surface area contributed by atoms with Crippen LogP contribution in [0.4, 0.5) is 0 Å². The maximum atomic E-state index is 12.0. The lowest BCUT2D eigenvalue weighted by molar-refractivity contribution is 0.0950. The topological polar surface area (TPSA) is 74.8 Å². The van der Waals surface area contributed by atoms with Crippen LogP contribution in [-0.2, 0) is 6.54 Å². The first-order valence-electron chi connectivity index (χ1n) is 6.94. The molecule has 0 bridgehead atoms. The minimum absolute atomic E-state index is 0.174. The van der Waals surface area contributed by atoms with E-state index in [1.165, 1.54) is 6.20 Å². The van der Waals surface area contributed by atoms with E-state index in [4.69, 9.17) is 0 Å². The number of rotatable bonds is 3. The number of hydrogen-bond acceptors (Lipinski definition) is 3. The minimum atomic E-state index is -0.253. The number of H-pyrrole nitrogens is 1. The largest absolute Gasteiger partial charge is 0.348 e. The third-order valence-electron chi connectivity index (χ3n) is 3.44. The van der Waals surface area contributed by atoms with Crippen molar-refractivity contribution in [1.82, 2.24) is 15.3 Å². The zero-order valence-corrected chi connectivity index (χ0v) is 12.1. The highest BCUT2D eigenvalue weighted by molar-refractivity contribution is 5.93. The van der Waals surface area contributed by atoms with Crippen LogP contribution in [0.3, 0.4) is 0 Å². The van der Waals surface area contributed by atoms with Crippen LogP contribution in [0.15, 0.2) is 53.6 Å². The summed E-state index contributed by atoms with van der Waals surface area (Å²) in [6.07, 6.45) is 3.09. The van der Waals surface area contributed by atoms with Crippen molar-refractivity contribution in [2.75, 3.05) is 0 Å². The van der Waals surface area contributed by atoms with Gasteiger partial charge in [-0.1, -0.05) is 11.6 Å². The SMILES string of the molecule is Cc1ccc2[nH]c(=O)c(CNC(=O)c3cccnc3)cc2c1. The van der Waals surface area contributed by atoms with Crippen LogP contribution < -0.4 is 10.9 Å². The molecule has 0 saturated carbocycles. The van der Waals surface area contributed by atoms with Crippen molar-refractivity contribution in [1.29, 1.82) is 0 Å². The average molecular weight is 293 g/mol. The van der Waals surface area contributed by atoms with Crippen molar-refractivity contribution >= 4 is 16.8 Å². The van der Waals surface area contributed by atoms with E-state index in [-0.39, 0.29) is 18.0 Å². The lowest BCUT2D eigenvalue weighted by atomic mass is 10.1. The number of carbonyl (C=O) groups is 1. The van der Waals surface area contributed by atoms with Crippen LogP contribution in [0.25, 0.3) is 10.9 Å². The van der Waals surface area contributed by atoms with Gasteiger partial charge in [0.25, 0.3) is 11.5 Å². The molecule has 0 aliphatic carbocycles. The molecule has 2 aromatic heterocycles. The quantitative estimate of drug-likeness (QED) is 0.777. The van der Waals surface area contributed by atoms with Crippen molar-refractivity contribution in [3.63, 3.8) is 0 Å². The average Bonchev–Trinajstić information content (AvgIpc) is 2.54. The second-order valence-electron chi connectivity index (χ2n) is 5.14. The molecule has 0 atom stereocenters. The number of nitrogens with one attached hydrogen (secondary N) is 2. The molecule has 1 aromatic carbocycles. The smallest absolute Gasteiger partial charge is 0.253 e. The summed E-state index contributed by atoms with van der Waals surface area (Å²) in [5.74, 6) is -0.253. The van der Waals surface area contributed by atoms with Crippen LogP contribution in [0, 0.1) is 6.92 Å². The Morgan fingerprint density at radius 1 is 1.27 bits per heavy atom. The Balaban J connectivity index is 1.83. The molecule has 3 aromatic rings. The Morgan fingerprint density at radius 2 is 2.14 bits per heavy atom. The summed E-state index contributed by atoms with van der Waals surface area (Å²) in [4.78, 5) is 30.8. The van der Waals surface area contributed by atoms with Crippen molar-refractivity contribution in [3.8, 4) is 0 Å². The van der Waals surface area contributed by atoms with Gasteiger partial charge in [0.1, 0.15) is 0 Å². The summed E-state index contributed by atoms with van der Waals surface area (Å²) in [6, 6.07) is 11.0. The molecule has 0 unspecified atom stereocenters. The number of amides is 1. The maximum Gasteiger partial charge on any atom is 0.253 e. The molecule has 5 heteroatoms. The van der Waals surface area contributed by atoms with E-state index in [0.29, 0.717) is 11.1 Å². The third-order valence-corrected chi connectivity index (χ3v) is 3.44. The fourth-order valence-electron chi connectivity index (χ4n) is 2.28. The number of benzene rings is 1. The number of nitrogens with zero attached hydrogens (tertiary/aromatic N) is 1. The first kappa shape index (κ1) is 14.0. The summed E-state index contributed by atoms with van der Waals surface area (Å²) < 4.78 is 0. The van der Waals surface area contributed by atoms with Gasteiger partial charge in [0.05, 0.1) is 5.56 Å². The van der Waals surface area contributed by atoms with Gasteiger partial charge in [-0.3, -0.25) is 14.6 Å². The fraction of sp³-hybridized carbons (Fsp3) is 0.118. The van der Waals surface area contributed by atoms with E-state index < -0.39 is 0 Å². The molecule has 0 radical (unpaired) electrons. The minimum Gasteiger partial charge on any atom is -0.348 e. The Hall–Kier alpha value is -2.95. The number of pyridine rings is 2. The Labute approximate surface area is 127 Å². The van der Waals surface area contributed by atoms with Gasteiger partial charge in [-0.15, -0.1) is 0 Å². The van der Waals surface area contributed by atoms with Crippen LogP contribution in [0.1, 0.15) is 21.5 Å². The molecule has 3 rings (SSSR count). The second kappa shape index (κ2) is 5.81. The number of carbonyl (C=O) groups excluding carboxylic acids is 1. The molecule has 0 aliphatic rings. The number of aromatic amines is 1. The van der Waals surface area contributed by atoms with Gasteiger partial charge in [0.15, 0.2) is 0 Å². The third kappa shape index (κ3) is 2.88. The maximum absolute atomic E-state index is 12.0. The van der Waals surface area contributed by atoms with Gasteiger partial charge in [0.2, 0.25) is 0 Å². The van der Waals surface area contributed by atoms with E-state index in [2.05, 4.69) is 15.3 Å². The highest BCUT2D eigenvalue weighted by Crippen LogP contribution is 2.13. The summed E-state index contributed by atoms with van der Waals surface area (Å²) in [5.41, 5.74) is 2.71. The van der Waals surface area contributed by atoms with Gasteiger partial charge in [-0.2, -0.15) is 0 Å². The Morgan fingerprint density at radius 3 is 2.91 bits per heavy atom. The van der Waals surface area contributed by atoms with Crippen LogP contribution in [-0.4, -0.2) is 15.9 Å². The van der Waals surface area contributed by atoms with Crippen LogP contribution in [0.2, 0.25) is 0 Å². The molecular formula is C17H15N3O2. The van der Waals surface area contributed by atoms with Crippen molar-refractivity contribution in [2.45, 2.75) is 13.5 Å². The monoisotopic (exact) mass is 293 g/mol. The molecule has 110 valence electrons. The van der Waals surface area contributed by atoms with Crippen LogP contribution in [0.5, 0.6) is 0 Å². The predicted octanol–water partition coefficient (Wildman–Crippen LogP) is 2.16. The summed E-state index contributed by atoms with van der Waals surface area (Å²) in [6.45, 7) is 2.17. The molecule has 5 nitrogen and oxygen atoms in total. The van der Waals surface area contributed by atoms with E-state index >= 15 is 0 Å². The van der Waals surface area contributed by atoms with Crippen molar-refractivity contribution in [2.24, 2.45) is 0 Å². The first-order valence-corrected chi connectivity index (χ1v) is 6.94. The highest BCUT2D eigenvalue weighted by Gasteiger charge is 2.07. The van der Waals surface area contributed by atoms with Crippen LogP contribution >= 0.6 is 0 Å². The molecule has 0 spiro atoms. The highest BCUT2D eigenvalue weighted by atomic mass is 16.1. The predicted molar refractivity (Wildman–Crippen MR) is 84.7 cm³/mol. The van der Waals surface area contributed by atoms with E-state index in [9.17, 15) is 9.59 Å². The molecule has 1 amide bonds. The normalized spacial score (nSPS) is 10.6. The van der Waals surface area contributed by atoms with Gasteiger partial charge >= 0.3 is 0 Å². The molecular weight excluding hydrogens is 278 g/mol. The summed E-state index contributed by atoms with van der Waals surface area (Å²) in [5, 5.41) is 3.69. The number of aromatic nitrogens is 2. The Kier molecular flexibility index (Phi) is 3.70. The lowest BCUT2D eigenvalue weighted by Gasteiger charge is -2.06. The first-order chi connectivity index (χ1) is 10.6. The zero-order valence-electron chi connectivity index (χ0n) is 12.1. The van der Waals surface area contributed by atoms with Gasteiger partial charge in [-0.05, 0) is 42.6 Å². The second-order valence-corrected chi connectivity index (χ2v) is 5.14. The van der Waals surface area contributed by atoms with Gasteiger partial charge in [0, 0.05) is 30.0 Å². The molecule has 2 heterocycles. The Bertz CT molecular complexity index is 885. The number of fused-ring (bicyclic) bond motifs is 1. The van der Waals surface area contributed by atoms with E-state index in [1.54, 1.807) is 18.3 Å². The van der Waals surface area contributed by atoms with Crippen molar-refractivity contribution < 1.29 is 4.79 Å². The van der Waals surface area contributed by atoms with Gasteiger partial charge in [-0.25, -0.2) is 0 Å². The summed E-state index contributed by atoms with van der Waals surface area (Å²) in [7, 11) is 0. The molecule has 0 fully saturated rings. The standard InChI is InChI=1S/C17H15N3O2/c1-11-4-5-15-13(7-11)8-14(17(22)20-15)10-19-16(21)12-3-2-6-18-9-12/h2-9H,10H2,1H3,(H,19,21)(H,20,22).